The molecule has 1 aliphatic carbocycles. The second-order valence-electron chi connectivity index (χ2n) is 4.13. The van der Waals surface area contributed by atoms with Gasteiger partial charge in [-0.25, -0.2) is 4.98 Å². The Morgan fingerprint density at radius 1 is 1.44 bits per heavy atom. The van der Waals surface area contributed by atoms with Crippen molar-refractivity contribution < 1.29 is 13.2 Å². The molecule has 1 aromatic rings. The van der Waals surface area contributed by atoms with Crippen LogP contribution < -0.4 is 10.6 Å². The lowest BCUT2D eigenvalue weighted by Gasteiger charge is -2.22. The molecule has 4 nitrogen and oxygen atoms in total. The molecular weight excluding hydrogens is 313 g/mol. The first-order valence-electron chi connectivity index (χ1n) is 5.49. The minimum Gasteiger partial charge on any atom is -0.355 e. The number of rotatable bonds is 4. The maximum absolute atomic E-state index is 12.8. The number of halogens is 4. The highest BCUT2D eigenvalue weighted by molar-refractivity contribution is 9.10. The van der Waals surface area contributed by atoms with Crippen LogP contribution in [0.4, 0.5) is 24.9 Å². The molecule has 0 atom stereocenters. The van der Waals surface area contributed by atoms with Gasteiger partial charge < -0.3 is 10.6 Å². The van der Waals surface area contributed by atoms with Gasteiger partial charge >= 0.3 is 6.18 Å². The largest absolute Gasteiger partial charge is 0.411 e. The van der Waals surface area contributed by atoms with Crippen molar-refractivity contribution in [3.05, 3.63) is 10.7 Å². The van der Waals surface area contributed by atoms with Gasteiger partial charge in [-0.2, -0.15) is 18.2 Å². The molecule has 100 valence electrons. The van der Waals surface area contributed by atoms with Crippen LogP contribution in [0.15, 0.2) is 10.7 Å². The summed E-state index contributed by atoms with van der Waals surface area (Å²) >= 11 is 3.15. The summed E-state index contributed by atoms with van der Waals surface area (Å²) in [5, 5.41) is 5.33. The molecule has 2 N–H and O–H groups in total. The Balaban J connectivity index is 2.21. The van der Waals surface area contributed by atoms with E-state index >= 15 is 0 Å². The summed E-state index contributed by atoms with van der Waals surface area (Å²) in [5.74, 6) is 0.469. The molecule has 2 rings (SSSR count). The first kappa shape index (κ1) is 13.4. The molecule has 1 aromatic heterocycles. The Labute approximate surface area is 111 Å². The number of alkyl halides is 3. The fourth-order valence-corrected chi connectivity index (χ4v) is 1.82. The third-order valence-electron chi connectivity index (χ3n) is 2.73. The number of nitrogens with zero attached hydrogens (tertiary/aromatic N) is 2. The van der Waals surface area contributed by atoms with Crippen LogP contribution in [-0.4, -0.2) is 28.2 Å². The molecule has 0 aliphatic heterocycles. The Morgan fingerprint density at radius 2 is 2.11 bits per heavy atom. The molecule has 0 aromatic carbocycles. The van der Waals surface area contributed by atoms with Crippen molar-refractivity contribution in [2.45, 2.75) is 31.5 Å². The minimum absolute atomic E-state index is 0.0729. The summed E-state index contributed by atoms with van der Waals surface area (Å²) in [6, 6.07) is 0. The molecule has 0 radical (unpaired) electrons. The van der Waals surface area contributed by atoms with Crippen molar-refractivity contribution in [3.63, 3.8) is 0 Å². The Kier molecular flexibility index (Phi) is 3.39. The molecular formula is C10H12BrF3N4. The van der Waals surface area contributed by atoms with Crippen LogP contribution >= 0.6 is 15.9 Å². The van der Waals surface area contributed by atoms with E-state index in [1.54, 1.807) is 0 Å². The van der Waals surface area contributed by atoms with Crippen LogP contribution in [0.25, 0.3) is 0 Å². The molecule has 0 amide bonds. The Bertz CT molecular complexity index is 445. The van der Waals surface area contributed by atoms with Gasteiger partial charge in [-0.05, 0) is 35.7 Å². The highest BCUT2D eigenvalue weighted by Crippen LogP contribution is 2.51. The predicted molar refractivity (Wildman–Crippen MR) is 65.5 cm³/mol. The zero-order valence-electron chi connectivity index (χ0n) is 9.60. The van der Waals surface area contributed by atoms with Gasteiger partial charge in [0.25, 0.3) is 0 Å². The maximum atomic E-state index is 12.8. The van der Waals surface area contributed by atoms with Crippen LogP contribution in [0.5, 0.6) is 0 Å². The molecule has 8 heteroatoms. The number of nitrogens with one attached hydrogen (secondary N) is 2. The van der Waals surface area contributed by atoms with E-state index in [2.05, 4.69) is 36.5 Å². The molecule has 0 saturated heterocycles. The topological polar surface area (TPSA) is 49.8 Å². The van der Waals surface area contributed by atoms with Crippen LogP contribution in [0, 0.1) is 0 Å². The summed E-state index contributed by atoms with van der Waals surface area (Å²) in [7, 11) is 0. The summed E-state index contributed by atoms with van der Waals surface area (Å²) in [4.78, 5) is 7.97. The number of hydrogen-bond acceptors (Lipinski definition) is 4. The standard InChI is InChI=1S/C10H12BrF3N4/c1-2-15-8-16-5-6(11)7(17-8)18-9(3-4-9)10(12,13)14/h5H,2-4H2,1H3,(H2,15,16,17,18). The van der Waals surface area contributed by atoms with Gasteiger partial charge in [0.05, 0.1) is 4.47 Å². The highest BCUT2D eigenvalue weighted by Gasteiger charge is 2.63. The summed E-state index contributed by atoms with van der Waals surface area (Å²) in [6.07, 6.45) is -2.69. The highest BCUT2D eigenvalue weighted by atomic mass is 79.9. The average molecular weight is 325 g/mol. The van der Waals surface area contributed by atoms with Crippen molar-refractivity contribution in [1.82, 2.24) is 9.97 Å². The van der Waals surface area contributed by atoms with Gasteiger partial charge in [-0.15, -0.1) is 0 Å². The minimum atomic E-state index is -4.27. The zero-order valence-corrected chi connectivity index (χ0v) is 11.2. The van der Waals surface area contributed by atoms with E-state index in [0.29, 0.717) is 17.0 Å². The van der Waals surface area contributed by atoms with E-state index in [-0.39, 0.29) is 18.7 Å². The van der Waals surface area contributed by atoms with Crippen molar-refractivity contribution in [2.24, 2.45) is 0 Å². The van der Waals surface area contributed by atoms with Crippen molar-refractivity contribution in [3.8, 4) is 0 Å². The van der Waals surface area contributed by atoms with E-state index < -0.39 is 11.7 Å². The van der Waals surface area contributed by atoms with E-state index in [9.17, 15) is 13.2 Å². The lowest BCUT2D eigenvalue weighted by atomic mass is 10.2. The summed E-state index contributed by atoms with van der Waals surface area (Å²) in [6.45, 7) is 2.46. The summed E-state index contributed by atoms with van der Waals surface area (Å²) in [5.41, 5.74) is -1.83. The maximum Gasteiger partial charge on any atom is 0.411 e. The zero-order chi connectivity index (χ0) is 13.4. The van der Waals surface area contributed by atoms with Gasteiger partial charge in [-0.3, -0.25) is 0 Å². The van der Waals surface area contributed by atoms with Gasteiger partial charge in [-0.1, -0.05) is 0 Å². The first-order valence-corrected chi connectivity index (χ1v) is 6.28. The van der Waals surface area contributed by atoms with E-state index in [4.69, 9.17) is 0 Å². The van der Waals surface area contributed by atoms with E-state index in [1.165, 1.54) is 6.20 Å². The van der Waals surface area contributed by atoms with Gasteiger partial charge in [0.1, 0.15) is 11.4 Å². The van der Waals surface area contributed by atoms with E-state index in [0.717, 1.165) is 0 Å². The Hall–Kier alpha value is -1.05. The normalized spacial score (nSPS) is 17.4. The number of hydrogen-bond donors (Lipinski definition) is 2. The summed E-state index contributed by atoms with van der Waals surface area (Å²) < 4.78 is 38.9. The molecule has 1 saturated carbocycles. The molecule has 1 aliphatic rings. The SMILES string of the molecule is CCNc1ncc(Br)c(NC2(C(F)(F)F)CC2)n1. The van der Waals surface area contributed by atoms with Gasteiger partial charge in [0.2, 0.25) is 5.95 Å². The fourth-order valence-electron chi connectivity index (χ4n) is 1.53. The predicted octanol–water partition coefficient (Wildman–Crippen LogP) is 3.18. The molecule has 0 bridgehead atoms. The second-order valence-corrected chi connectivity index (χ2v) is 4.98. The lowest BCUT2D eigenvalue weighted by Crippen LogP contribution is -2.39. The monoisotopic (exact) mass is 324 g/mol. The molecule has 1 fully saturated rings. The average Bonchev–Trinajstić information content (AvgIpc) is 3.04. The number of anilines is 2. The number of aromatic nitrogens is 2. The Morgan fingerprint density at radius 3 is 2.61 bits per heavy atom. The smallest absolute Gasteiger partial charge is 0.355 e. The van der Waals surface area contributed by atoms with Gasteiger partial charge in [0, 0.05) is 12.7 Å². The van der Waals surface area contributed by atoms with Crippen LogP contribution in [-0.2, 0) is 0 Å². The molecule has 1 heterocycles. The van der Waals surface area contributed by atoms with Crippen molar-refractivity contribution >= 4 is 27.7 Å². The second kappa shape index (κ2) is 4.56. The van der Waals surface area contributed by atoms with Crippen LogP contribution in [0.3, 0.4) is 0 Å². The van der Waals surface area contributed by atoms with Crippen molar-refractivity contribution in [2.75, 3.05) is 17.2 Å². The molecule has 18 heavy (non-hydrogen) atoms. The third kappa shape index (κ3) is 2.52. The van der Waals surface area contributed by atoms with Crippen LogP contribution in [0.1, 0.15) is 19.8 Å². The van der Waals surface area contributed by atoms with Crippen molar-refractivity contribution in [1.29, 1.82) is 0 Å². The van der Waals surface area contributed by atoms with Crippen LogP contribution in [0.2, 0.25) is 0 Å². The first-order chi connectivity index (χ1) is 8.38. The molecule has 0 spiro atoms. The van der Waals surface area contributed by atoms with Gasteiger partial charge in [0.15, 0.2) is 0 Å². The quantitative estimate of drug-likeness (QED) is 0.893. The molecule has 0 unspecified atom stereocenters. The lowest BCUT2D eigenvalue weighted by molar-refractivity contribution is -0.151. The van der Waals surface area contributed by atoms with E-state index in [1.807, 2.05) is 6.92 Å². The third-order valence-corrected chi connectivity index (χ3v) is 3.31. The fraction of sp³-hybridized carbons (Fsp3) is 0.600.